The molecule has 1 aromatic heterocycles. The zero-order valence-corrected chi connectivity index (χ0v) is 14.6. The summed E-state index contributed by atoms with van der Waals surface area (Å²) in [6.45, 7) is 5.39. The molecule has 3 rings (SSSR count). The third kappa shape index (κ3) is 4.09. The second kappa shape index (κ2) is 7.53. The average Bonchev–Trinajstić information content (AvgIpc) is 3.13. The number of H-pyrrole nitrogens is 1. The Morgan fingerprint density at radius 2 is 1.80 bits per heavy atom. The summed E-state index contributed by atoms with van der Waals surface area (Å²) in [4.78, 5) is 31.0. The van der Waals surface area contributed by atoms with Gasteiger partial charge in [0.1, 0.15) is 11.4 Å². The lowest BCUT2D eigenvalue weighted by Crippen LogP contribution is -2.48. The molecule has 0 saturated carbocycles. The van der Waals surface area contributed by atoms with Gasteiger partial charge in [-0.2, -0.15) is 0 Å². The van der Waals surface area contributed by atoms with Crippen LogP contribution in [0.4, 0.5) is 0 Å². The Hall–Kier alpha value is -2.60. The zero-order valence-electron chi connectivity index (χ0n) is 14.6. The number of carbonyl (C=O) groups is 2. The van der Waals surface area contributed by atoms with Crippen LogP contribution in [0.3, 0.4) is 0 Å². The summed E-state index contributed by atoms with van der Waals surface area (Å²) in [7, 11) is 1.66. The Kier molecular flexibility index (Phi) is 5.19. The number of aromatic nitrogens is 1. The van der Waals surface area contributed by atoms with Gasteiger partial charge in [-0.25, -0.2) is 0 Å². The summed E-state index contributed by atoms with van der Waals surface area (Å²) in [5.41, 5.74) is 2.26. The van der Waals surface area contributed by atoms with Gasteiger partial charge in [-0.3, -0.25) is 14.5 Å². The van der Waals surface area contributed by atoms with Crippen LogP contribution in [0.5, 0.6) is 5.75 Å². The highest BCUT2D eigenvalue weighted by molar-refractivity contribution is 5.99. The van der Waals surface area contributed by atoms with Gasteiger partial charge in [-0.15, -0.1) is 0 Å². The molecule has 1 amide bonds. The van der Waals surface area contributed by atoms with Gasteiger partial charge in [-0.05, 0) is 30.7 Å². The highest BCUT2D eigenvalue weighted by Gasteiger charge is 2.23. The van der Waals surface area contributed by atoms with E-state index in [1.165, 1.54) is 12.5 Å². The van der Waals surface area contributed by atoms with E-state index in [-0.39, 0.29) is 11.7 Å². The molecule has 1 N–H and O–H groups in total. The van der Waals surface area contributed by atoms with Crippen molar-refractivity contribution >= 4 is 11.7 Å². The smallest absolute Gasteiger partial charge is 0.270 e. The number of rotatable bonds is 5. The molecule has 1 fully saturated rings. The molecule has 1 aliphatic rings. The number of hydrogen-bond acceptors (Lipinski definition) is 4. The van der Waals surface area contributed by atoms with E-state index in [2.05, 4.69) is 22.0 Å². The standard InChI is InChI=1S/C19H23N3O3/c1-14(23)16-11-18(20-12-16)19(24)22-9-7-21(8-10-22)13-15-3-5-17(25-2)6-4-15/h3-6,11-12,20H,7-10,13H2,1-2H3. The number of ketones is 1. The summed E-state index contributed by atoms with van der Waals surface area (Å²) in [5.74, 6) is 0.770. The molecule has 2 heterocycles. The average molecular weight is 341 g/mol. The fraction of sp³-hybridized carbons (Fsp3) is 0.368. The number of nitrogens with one attached hydrogen (secondary N) is 1. The monoisotopic (exact) mass is 341 g/mol. The Morgan fingerprint density at radius 1 is 1.12 bits per heavy atom. The summed E-state index contributed by atoms with van der Waals surface area (Å²) in [5, 5.41) is 0. The highest BCUT2D eigenvalue weighted by Crippen LogP contribution is 2.15. The molecule has 6 nitrogen and oxygen atoms in total. The van der Waals surface area contributed by atoms with E-state index in [0.717, 1.165) is 25.4 Å². The molecule has 1 aromatic carbocycles. The van der Waals surface area contributed by atoms with Crippen molar-refractivity contribution in [3.05, 3.63) is 53.3 Å². The summed E-state index contributed by atoms with van der Waals surface area (Å²) >= 11 is 0. The van der Waals surface area contributed by atoms with Crippen molar-refractivity contribution in [2.45, 2.75) is 13.5 Å². The van der Waals surface area contributed by atoms with Crippen molar-refractivity contribution in [1.29, 1.82) is 0 Å². The van der Waals surface area contributed by atoms with Gasteiger partial charge in [0.05, 0.1) is 7.11 Å². The van der Waals surface area contributed by atoms with Gasteiger partial charge < -0.3 is 14.6 Å². The lowest BCUT2D eigenvalue weighted by atomic mass is 10.2. The third-order valence-electron chi connectivity index (χ3n) is 4.54. The number of aromatic amines is 1. The Bertz CT molecular complexity index is 744. The normalized spacial score (nSPS) is 15.2. The first-order chi connectivity index (χ1) is 12.1. The predicted octanol–water partition coefficient (Wildman–Crippen LogP) is 2.18. The largest absolute Gasteiger partial charge is 0.497 e. The molecule has 132 valence electrons. The number of ether oxygens (including phenoxy) is 1. The number of nitrogens with zero attached hydrogens (tertiary/aromatic N) is 2. The molecule has 1 saturated heterocycles. The molecule has 0 spiro atoms. The quantitative estimate of drug-likeness (QED) is 0.847. The number of amides is 1. The lowest BCUT2D eigenvalue weighted by Gasteiger charge is -2.34. The van der Waals surface area contributed by atoms with Gasteiger partial charge in [0, 0.05) is 44.5 Å². The minimum Gasteiger partial charge on any atom is -0.497 e. The van der Waals surface area contributed by atoms with Crippen LogP contribution in [0.15, 0.2) is 36.5 Å². The van der Waals surface area contributed by atoms with Crippen molar-refractivity contribution in [2.75, 3.05) is 33.3 Å². The second-order valence-electron chi connectivity index (χ2n) is 6.27. The molecule has 0 atom stereocenters. The molecule has 2 aromatic rings. The molecule has 0 unspecified atom stereocenters. The zero-order chi connectivity index (χ0) is 17.8. The van der Waals surface area contributed by atoms with Crippen molar-refractivity contribution in [3.8, 4) is 5.75 Å². The first-order valence-electron chi connectivity index (χ1n) is 8.40. The summed E-state index contributed by atoms with van der Waals surface area (Å²) in [6.07, 6.45) is 1.59. The minimum absolute atomic E-state index is 0.0420. The maximum absolute atomic E-state index is 12.5. The number of hydrogen-bond donors (Lipinski definition) is 1. The first kappa shape index (κ1) is 17.2. The molecule has 1 aliphatic heterocycles. The van der Waals surface area contributed by atoms with E-state index >= 15 is 0 Å². The van der Waals surface area contributed by atoms with Crippen molar-refractivity contribution in [3.63, 3.8) is 0 Å². The predicted molar refractivity (Wildman–Crippen MR) is 95.0 cm³/mol. The molecular weight excluding hydrogens is 318 g/mol. The Labute approximate surface area is 147 Å². The molecular formula is C19H23N3O3. The fourth-order valence-electron chi connectivity index (χ4n) is 2.99. The molecule has 0 radical (unpaired) electrons. The van der Waals surface area contributed by atoms with E-state index in [9.17, 15) is 9.59 Å². The first-order valence-corrected chi connectivity index (χ1v) is 8.40. The van der Waals surface area contributed by atoms with Crippen LogP contribution in [0, 0.1) is 0 Å². The SMILES string of the molecule is COc1ccc(CN2CCN(C(=O)c3cc(C(C)=O)c[nH]3)CC2)cc1. The number of carbonyl (C=O) groups excluding carboxylic acids is 2. The Balaban J connectivity index is 1.53. The fourth-order valence-corrected chi connectivity index (χ4v) is 2.99. The van der Waals surface area contributed by atoms with Gasteiger partial charge in [0.2, 0.25) is 0 Å². The van der Waals surface area contributed by atoms with Crippen LogP contribution < -0.4 is 4.74 Å². The number of methoxy groups -OCH3 is 1. The van der Waals surface area contributed by atoms with Crippen LogP contribution in [0.25, 0.3) is 0 Å². The number of Topliss-reactive ketones (excluding diaryl/α,β-unsaturated/α-hetero) is 1. The topological polar surface area (TPSA) is 65.6 Å². The number of piperazine rings is 1. The third-order valence-corrected chi connectivity index (χ3v) is 4.54. The van der Waals surface area contributed by atoms with Gasteiger partial charge in [0.25, 0.3) is 5.91 Å². The van der Waals surface area contributed by atoms with Crippen molar-refractivity contribution < 1.29 is 14.3 Å². The lowest BCUT2D eigenvalue weighted by molar-refractivity contribution is 0.0623. The van der Waals surface area contributed by atoms with E-state index in [1.54, 1.807) is 19.4 Å². The van der Waals surface area contributed by atoms with Gasteiger partial charge in [-0.1, -0.05) is 12.1 Å². The van der Waals surface area contributed by atoms with Crippen molar-refractivity contribution in [2.24, 2.45) is 0 Å². The van der Waals surface area contributed by atoms with Crippen LogP contribution >= 0.6 is 0 Å². The molecule has 25 heavy (non-hydrogen) atoms. The van der Waals surface area contributed by atoms with E-state index in [0.29, 0.717) is 24.3 Å². The molecule has 0 bridgehead atoms. The van der Waals surface area contributed by atoms with Gasteiger partial charge in [0.15, 0.2) is 5.78 Å². The highest BCUT2D eigenvalue weighted by atomic mass is 16.5. The number of benzene rings is 1. The second-order valence-corrected chi connectivity index (χ2v) is 6.27. The van der Waals surface area contributed by atoms with Crippen LogP contribution in [0.2, 0.25) is 0 Å². The summed E-state index contributed by atoms with van der Waals surface area (Å²) in [6, 6.07) is 9.70. The summed E-state index contributed by atoms with van der Waals surface area (Å²) < 4.78 is 5.18. The van der Waals surface area contributed by atoms with Crippen LogP contribution in [0.1, 0.15) is 33.3 Å². The maximum Gasteiger partial charge on any atom is 0.270 e. The maximum atomic E-state index is 12.5. The van der Waals surface area contributed by atoms with E-state index in [4.69, 9.17) is 4.74 Å². The van der Waals surface area contributed by atoms with E-state index < -0.39 is 0 Å². The van der Waals surface area contributed by atoms with Crippen molar-refractivity contribution in [1.82, 2.24) is 14.8 Å². The van der Waals surface area contributed by atoms with Crippen LogP contribution in [-0.2, 0) is 6.54 Å². The minimum atomic E-state index is -0.0448. The molecule has 0 aliphatic carbocycles. The Morgan fingerprint density at radius 3 is 2.36 bits per heavy atom. The van der Waals surface area contributed by atoms with Crippen LogP contribution in [-0.4, -0.2) is 59.8 Å². The van der Waals surface area contributed by atoms with E-state index in [1.807, 2.05) is 17.0 Å². The molecule has 6 heteroatoms. The van der Waals surface area contributed by atoms with Gasteiger partial charge >= 0.3 is 0 Å².